The van der Waals surface area contributed by atoms with Gasteiger partial charge in [-0.1, -0.05) is 19.9 Å². The molecular formula is C13H15NO3S. The van der Waals surface area contributed by atoms with Gasteiger partial charge in [-0.2, -0.15) is 0 Å². The minimum absolute atomic E-state index is 0.337. The third kappa shape index (κ3) is 2.98. The summed E-state index contributed by atoms with van der Waals surface area (Å²) in [5.41, 5.74) is 0.763. The van der Waals surface area contributed by atoms with Crippen LogP contribution in [0, 0.1) is 5.92 Å². The van der Waals surface area contributed by atoms with Gasteiger partial charge in [-0.25, -0.2) is 9.78 Å². The number of aromatic nitrogens is 1. The highest BCUT2D eigenvalue weighted by Gasteiger charge is 2.11. The number of fused-ring (bicyclic) bond motifs is 1. The van der Waals surface area contributed by atoms with Crippen molar-refractivity contribution in [2.24, 2.45) is 5.92 Å². The average molecular weight is 265 g/mol. The Morgan fingerprint density at radius 2 is 2.28 bits per heavy atom. The quantitative estimate of drug-likeness (QED) is 0.903. The fourth-order valence-corrected chi connectivity index (χ4v) is 2.86. The summed E-state index contributed by atoms with van der Waals surface area (Å²) in [6, 6.07) is 5.59. The van der Waals surface area contributed by atoms with Crippen LogP contribution in [0.25, 0.3) is 10.2 Å². The molecule has 0 atom stereocenters. The van der Waals surface area contributed by atoms with Crippen LogP contribution in [-0.2, 0) is 11.2 Å². The van der Waals surface area contributed by atoms with Crippen LogP contribution in [0.3, 0.4) is 0 Å². The number of para-hydroxylation sites is 1. The van der Waals surface area contributed by atoms with Crippen molar-refractivity contribution < 1.29 is 14.6 Å². The first-order valence-corrected chi connectivity index (χ1v) is 6.61. The summed E-state index contributed by atoms with van der Waals surface area (Å²) in [6.45, 7) is 3.96. The van der Waals surface area contributed by atoms with E-state index in [0.29, 0.717) is 11.7 Å². The predicted octanol–water partition coefficient (Wildman–Crippen LogP) is 2.96. The molecule has 18 heavy (non-hydrogen) atoms. The van der Waals surface area contributed by atoms with Crippen LogP contribution in [0.4, 0.5) is 0 Å². The summed E-state index contributed by atoms with van der Waals surface area (Å²) in [7, 11) is 0. The maximum Gasteiger partial charge on any atom is 0.341 e. The topological polar surface area (TPSA) is 59.4 Å². The van der Waals surface area contributed by atoms with Crippen LogP contribution >= 0.6 is 11.3 Å². The number of carbonyl (C=O) groups is 1. The van der Waals surface area contributed by atoms with Crippen LogP contribution in [0.5, 0.6) is 5.75 Å². The molecule has 2 rings (SSSR count). The van der Waals surface area contributed by atoms with Gasteiger partial charge in [0.1, 0.15) is 11.3 Å². The van der Waals surface area contributed by atoms with Crippen LogP contribution < -0.4 is 4.74 Å². The van der Waals surface area contributed by atoms with E-state index in [2.05, 4.69) is 18.8 Å². The Balaban J connectivity index is 2.30. The maximum absolute atomic E-state index is 10.5. The van der Waals surface area contributed by atoms with Crippen molar-refractivity contribution in [2.45, 2.75) is 20.3 Å². The molecule has 0 bridgehead atoms. The highest BCUT2D eigenvalue weighted by molar-refractivity contribution is 7.18. The third-order valence-electron chi connectivity index (χ3n) is 2.36. The number of hydrogen-bond acceptors (Lipinski definition) is 4. The Hall–Kier alpha value is -1.62. The number of carboxylic acids is 1. The molecule has 2 aromatic rings. The van der Waals surface area contributed by atoms with E-state index in [-0.39, 0.29) is 6.61 Å². The molecule has 96 valence electrons. The fraction of sp³-hybridized carbons (Fsp3) is 0.385. The molecule has 0 spiro atoms. The Morgan fingerprint density at radius 1 is 1.50 bits per heavy atom. The molecule has 0 aliphatic rings. The zero-order valence-electron chi connectivity index (χ0n) is 10.3. The first-order valence-electron chi connectivity index (χ1n) is 5.79. The minimum Gasteiger partial charge on any atom is -0.480 e. The monoisotopic (exact) mass is 265 g/mol. The van der Waals surface area contributed by atoms with E-state index in [0.717, 1.165) is 21.6 Å². The summed E-state index contributed by atoms with van der Waals surface area (Å²) in [5.74, 6) is 0.111. The Bertz CT molecular complexity index is 562. The van der Waals surface area contributed by atoms with Gasteiger partial charge in [-0.15, -0.1) is 11.3 Å². The first kappa shape index (κ1) is 12.8. The highest BCUT2D eigenvalue weighted by atomic mass is 32.1. The standard InChI is InChI=1S/C13H15NO3S/c1-8(2)6-11-14-13-9(17-7-12(15)16)4-3-5-10(13)18-11/h3-5,8H,6-7H2,1-2H3,(H,15,16). The molecule has 0 saturated heterocycles. The van der Waals surface area contributed by atoms with E-state index >= 15 is 0 Å². The summed E-state index contributed by atoms with van der Waals surface area (Å²) < 4.78 is 6.28. The molecule has 0 radical (unpaired) electrons. The van der Waals surface area contributed by atoms with Crippen molar-refractivity contribution in [3.05, 3.63) is 23.2 Å². The van der Waals surface area contributed by atoms with E-state index in [1.54, 1.807) is 17.4 Å². The van der Waals surface area contributed by atoms with E-state index < -0.39 is 5.97 Å². The number of hydrogen-bond donors (Lipinski definition) is 1. The molecule has 1 N–H and O–H groups in total. The molecule has 0 aliphatic heterocycles. The van der Waals surface area contributed by atoms with Crippen LogP contribution in [0.1, 0.15) is 18.9 Å². The highest BCUT2D eigenvalue weighted by Crippen LogP contribution is 2.30. The Morgan fingerprint density at radius 3 is 2.94 bits per heavy atom. The van der Waals surface area contributed by atoms with Gasteiger partial charge in [0.05, 0.1) is 9.71 Å². The van der Waals surface area contributed by atoms with E-state index in [1.165, 1.54) is 0 Å². The van der Waals surface area contributed by atoms with Gasteiger partial charge in [0.2, 0.25) is 0 Å². The van der Waals surface area contributed by atoms with Crippen molar-refractivity contribution >= 4 is 27.5 Å². The van der Waals surface area contributed by atoms with Crippen LogP contribution in [0.2, 0.25) is 0 Å². The number of aliphatic carboxylic acids is 1. The Kier molecular flexibility index (Phi) is 3.81. The lowest BCUT2D eigenvalue weighted by atomic mass is 10.1. The van der Waals surface area contributed by atoms with Gasteiger partial charge in [0, 0.05) is 6.42 Å². The second-order valence-corrected chi connectivity index (χ2v) is 5.61. The zero-order valence-corrected chi connectivity index (χ0v) is 11.2. The number of rotatable bonds is 5. The van der Waals surface area contributed by atoms with E-state index in [1.807, 2.05) is 12.1 Å². The molecule has 0 saturated carbocycles. The number of nitrogens with zero attached hydrogens (tertiary/aromatic N) is 1. The SMILES string of the molecule is CC(C)Cc1nc2c(OCC(=O)O)cccc2s1. The molecule has 4 nitrogen and oxygen atoms in total. The van der Waals surface area contributed by atoms with E-state index in [9.17, 15) is 4.79 Å². The van der Waals surface area contributed by atoms with Crippen molar-refractivity contribution in [1.29, 1.82) is 0 Å². The number of carboxylic acid groups (broad SMARTS) is 1. The van der Waals surface area contributed by atoms with Crippen LogP contribution in [0.15, 0.2) is 18.2 Å². The summed E-state index contributed by atoms with van der Waals surface area (Å²) in [5, 5.41) is 9.69. The molecule has 0 aliphatic carbocycles. The smallest absolute Gasteiger partial charge is 0.341 e. The predicted molar refractivity (Wildman–Crippen MR) is 71.3 cm³/mol. The van der Waals surface area contributed by atoms with Gasteiger partial charge in [-0.3, -0.25) is 0 Å². The third-order valence-corrected chi connectivity index (χ3v) is 3.40. The second-order valence-electron chi connectivity index (χ2n) is 4.49. The first-order chi connectivity index (χ1) is 8.56. The lowest BCUT2D eigenvalue weighted by Gasteiger charge is -2.02. The van der Waals surface area contributed by atoms with Crippen LogP contribution in [-0.4, -0.2) is 22.7 Å². The van der Waals surface area contributed by atoms with Gasteiger partial charge in [0.15, 0.2) is 6.61 Å². The lowest BCUT2D eigenvalue weighted by molar-refractivity contribution is -0.139. The molecule has 1 aromatic heterocycles. The number of thiazole rings is 1. The molecule has 5 heteroatoms. The van der Waals surface area contributed by atoms with Gasteiger partial charge in [-0.05, 0) is 18.1 Å². The van der Waals surface area contributed by atoms with Gasteiger partial charge >= 0.3 is 5.97 Å². The second kappa shape index (κ2) is 5.35. The Labute approximate surface area is 109 Å². The molecular weight excluding hydrogens is 250 g/mol. The number of ether oxygens (including phenoxy) is 1. The molecule has 0 amide bonds. The maximum atomic E-state index is 10.5. The molecule has 1 aromatic carbocycles. The fourth-order valence-electron chi connectivity index (χ4n) is 1.66. The van der Waals surface area contributed by atoms with Crippen molar-refractivity contribution in [3.63, 3.8) is 0 Å². The lowest BCUT2D eigenvalue weighted by Crippen LogP contribution is -2.09. The van der Waals surface area contributed by atoms with Crippen molar-refractivity contribution in [2.75, 3.05) is 6.61 Å². The molecule has 0 unspecified atom stereocenters. The minimum atomic E-state index is -0.982. The summed E-state index contributed by atoms with van der Waals surface area (Å²) >= 11 is 1.64. The summed E-state index contributed by atoms with van der Waals surface area (Å²) in [6.07, 6.45) is 0.928. The summed E-state index contributed by atoms with van der Waals surface area (Å²) in [4.78, 5) is 15.0. The van der Waals surface area contributed by atoms with Gasteiger partial charge < -0.3 is 9.84 Å². The van der Waals surface area contributed by atoms with E-state index in [4.69, 9.17) is 9.84 Å². The normalized spacial score (nSPS) is 11.1. The zero-order chi connectivity index (χ0) is 13.1. The molecule has 1 heterocycles. The van der Waals surface area contributed by atoms with Crippen molar-refractivity contribution in [1.82, 2.24) is 4.98 Å². The average Bonchev–Trinajstić information content (AvgIpc) is 2.67. The molecule has 0 fully saturated rings. The van der Waals surface area contributed by atoms with Gasteiger partial charge in [0.25, 0.3) is 0 Å². The van der Waals surface area contributed by atoms with Crippen molar-refractivity contribution in [3.8, 4) is 5.75 Å². The largest absolute Gasteiger partial charge is 0.480 e. The number of benzene rings is 1.